The number of hydrogen-bond donors (Lipinski definition) is 0. The topological polar surface area (TPSA) is 65.1 Å². The summed E-state index contributed by atoms with van der Waals surface area (Å²) in [7, 11) is 0. The zero-order chi connectivity index (χ0) is 20.0. The number of fused-ring (bicyclic) bond motifs is 3. The monoisotopic (exact) mass is 387 g/mol. The summed E-state index contributed by atoms with van der Waals surface area (Å²) in [6.07, 6.45) is 7.33. The molecule has 3 heterocycles. The lowest BCUT2D eigenvalue weighted by Crippen LogP contribution is -2.31. The lowest BCUT2D eigenvalue weighted by atomic mass is 9.85. The summed E-state index contributed by atoms with van der Waals surface area (Å²) in [5, 5.41) is 13.6. The van der Waals surface area contributed by atoms with Crippen LogP contribution in [-0.4, -0.2) is 24.4 Å². The van der Waals surface area contributed by atoms with Crippen LogP contribution in [0.1, 0.15) is 51.3 Å². The van der Waals surface area contributed by atoms with Crippen LogP contribution in [0.5, 0.6) is 0 Å². The minimum Gasteiger partial charge on any atom is -0.310 e. The maximum absolute atomic E-state index is 13.3. The van der Waals surface area contributed by atoms with Gasteiger partial charge in [0.15, 0.2) is 11.2 Å². The van der Waals surface area contributed by atoms with E-state index in [0.717, 1.165) is 35.2 Å². The molecule has 0 N–H and O–H groups in total. The average Bonchev–Trinajstić information content (AvgIpc) is 3.14. The van der Waals surface area contributed by atoms with E-state index in [1.54, 1.807) is 4.52 Å². The third kappa shape index (κ3) is 2.85. The van der Waals surface area contributed by atoms with Crippen LogP contribution in [0.4, 0.5) is 0 Å². The van der Waals surface area contributed by atoms with E-state index < -0.39 is 0 Å². The summed E-state index contributed by atoms with van der Waals surface area (Å²) in [5.74, 6) is 0.497. The first kappa shape index (κ1) is 18.0. The number of benzene rings is 1. The average molecular weight is 387 g/mol. The second-order valence-electron chi connectivity index (χ2n) is 8.07. The van der Waals surface area contributed by atoms with Crippen LogP contribution in [0.25, 0.3) is 27.8 Å². The van der Waals surface area contributed by atoms with Crippen molar-refractivity contribution >= 4 is 16.7 Å². The number of nitrogens with zero attached hydrogens (tertiary/aromatic N) is 5. The maximum atomic E-state index is 13.3. The van der Waals surface area contributed by atoms with Crippen molar-refractivity contribution in [3.63, 3.8) is 0 Å². The van der Waals surface area contributed by atoms with E-state index in [1.165, 1.54) is 19.3 Å². The number of rotatable bonds is 3. The van der Waals surface area contributed by atoms with E-state index in [4.69, 9.17) is 5.10 Å². The standard InChI is InChI=1S/C23H25N5O/c1-3-17-20(16-10-5-4-6-11-16)22-25-24-21-19(28(22)26-17)13-14-27(23(21)29)18-12-8-7-9-15(18)2/h4-6,10-11,13-15,18H,3,7-9,12H2,1-2H3/t15-,18+/m0/s1. The van der Waals surface area contributed by atoms with Crippen LogP contribution in [-0.2, 0) is 6.42 Å². The molecule has 0 spiro atoms. The molecule has 3 aromatic heterocycles. The zero-order valence-electron chi connectivity index (χ0n) is 16.9. The second-order valence-corrected chi connectivity index (χ2v) is 8.07. The molecule has 4 aromatic rings. The minimum absolute atomic E-state index is 0.0644. The fraction of sp³-hybridized carbons (Fsp3) is 0.391. The summed E-state index contributed by atoms with van der Waals surface area (Å²) < 4.78 is 3.66. The van der Waals surface area contributed by atoms with Crippen LogP contribution >= 0.6 is 0 Å². The highest BCUT2D eigenvalue weighted by atomic mass is 16.1. The Morgan fingerprint density at radius 1 is 1.07 bits per heavy atom. The second kappa shape index (κ2) is 7.10. The van der Waals surface area contributed by atoms with Crippen LogP contribution < -0.4 is 5.56 Å². The maximum Gasteiger partial charge on any atom is 0.280 e. The first-order valence-electron chi connectivity index (χ1n) is 10.5. The molecule has 1 aliphatic rings. The Morgan fingerprint density at radius 2 is 1.86 bits per heavy atom. The van der Waals surface area contributed by atoms with Gasteiger partial charge in [-0.05, 0) is 36.8 Å². The first-order chi connectivity index (χ1) is 14.2. The van der Waals surface area contributed by atoms with Crippen molar-refractivity contribution in [2.45, 2.75) is 52.0 Å². The van der Waals surface area contributed by atoms with E-state index in [-0.39, 0.29) is 11.6 Å². The Morgan fingerprint density at radius 3 is 2.62 bits per heavy atom. The molecule has 0 aliphatic heterocycles. The van der Waals surface area contributed by atoms with Crippen molar-refractivity contribution in [1.29, 1.82) is 0 Å². The summed E-state index contributed by atoms with van der Waals surface area (Å²) >= 11 is 0. The van der Waals surface area contributed by atoms with Crippen LogP contribution in [0, 0.1) is 5.92 Å². The Kier molecular flexibility index (Phi) is 4.42. The molecule has 2 atom stereocenters. The Bertz CT molecular complexity index is 1240. The lowest BCUT2D eigenvalue weighted by Gasteiger charge is -2.30. The molecule has 0 radical (unpaired) electrons. The molecule has 1 fully saturated rings. The molecule has 0 saturated heterocycles. The van der Waals surface area contributed by atoms with E-state index >= 15 is 0 Å². The van der Waals surface area contributed by atoms with Crippen molar-refractivity contribution < 1.29 is 0 Å². The van der Waals surface area contributed by atoms with Gasteiger partial charge in [0.1, 0.15) is 5.52 Å². The number of pyridine rings is 1. The van der Waals surface area contributed by atoms with Gasteiger partial charge in [-0.1, -0.05) is 57.0 Å². The molecule has 6 nitrogen and oxygen atoms in total. The molecule has 6 heteroatoms. The van der Waals surface area contributed by atoms with E-state index in [1.807, 2.05) is 35.0 Å². The minimum atomic E-state index is -0.0644. The summed E-state index contributed by atoms with van der Waals surface area (Å²) in [4.78, 5) is 13.3. The van der Waals surface area contributed by atoms with Gasteiger partial charge in [-0.3, -0.25) is 4.79 Å². The van der Waals surface area contributed by atoms with Gasteiger partial charge >= 0.3 is 0 Å². The SMILES string of the molecule is CCc1nn2c(nnc3c(=O)n([C@@H]4CCCC[C@@H]4C)ccc32)c1-c1ccccc1. The van der Waals surface area contributed by atoms with Crippen molar-refractivity contribution in [3.8, 4) is 11.1 Å². The summed E-state index contributed by atoms with van der Waals surface area (Å²) in [6.45, 7) is 4.32. The van der Waals surface area contributed by atoms with Crippen LogP contribution in [0.3, 0.4) is 0 Å². The fourth-order valence-corrected chi connectivity index (χ4v) is 4.72. The van der Waals surface area contributed by atoms with Gasteiger partial charge in [0, 0.05) is 12.2 Å². The van der Waals surface area contributed by atoms with E-state index in [9.17, 15) is 4.79 Å². The van der Waals surface area contributed by atoms with Gasteiger partial charge in [-0.25, -0.2) is 4.52 Å². The van der Waals surface area contributed by atoms with E-state index in [2.05, 4.69) is 36.2 Å². The van der Waals surface area contributed by atoms with Gasteiger partial charge in [-0.2, -0.15) is 5.10 Å². The zero-order valence-corrected chi connectivity index (χ0v) is 16.9. The van der Waals surface area contributed by atoms with Crippen molar-refractivity contribution in [3.05, 3.63) is 58.6 Å². The molecule has 1 aromatic carbocycles. The number of hydrogen-bond acceptors (Lipinski definition) is 4. The van der Waals surface area contributed by atoms with Gasteiger partial charge in [0.25, 0.3) is 5.56 Å². The predicted octanol–water partition coefficient (Wildman–Crippen LogP) is 4.42. The van der Waals surface area contributed by atoms with Crippen molar-refractivity contribution in [2.75, 3.05) is 0 Å². The lowest BCUT2D eigenvalue weighted by molar-refractivity contribution is 0.253. The number of aryl methyl sites for hydroxylation is 1. The first-order valence-corrected chi connectivity index (χ1v) is 10.5. The third-order valence-corrected chi connectivity index (χ3v) is 6.30. The molecule has 148 valence electrons. The molecular weight excluding hydrogens is 362 g/mol. The highest BCUT2D eigenvalue weighted by molar-refractivity contribution is 5.84. The molecule has 1 saturated carbocycles. The molecule has 0 bridgehead atoms. The van der Waals surface area contributed by atoms with Crippen LogP contribution in [0.2, 0.25) is 0 Å². The highest BCUT2D eigenvalue weighted by Crippen LogP contribution is 2.33. The van der Waals surface area contributed by atoms with Crippen molar-refractivity contribution in [2.24, 2.45) is 5.92 Å². The highest BCUT2D eigenvalue weighted by Gasteiger charge is 2.25. The molecule has 1 aliphatic carbocycles. The van der Waals surface area contributed by atoms with Gasteiger partial charge in [0.2, 0.25) is 0 Å². The molecule has 0 unspecified atom stereocenters. The van der Waals surface area contributed by atoms with Gasteiger partial charge in [-0.15, -0.1) is 10.2 Å². The van der Waals surface area contributed by atoms with Crippen molar-refractivity contribution in [1.82, 2.24) is 24.4 Å². The third-order valence-electron chi connectivity index (χ3n) is 6.30. The van der Waals surface area contributed by atoms with Crippen LogP contribution in [0.15, 0.2) is 47.4 Å². The van der Waals surface area contributed by atoms with E-state index in [0.29, 0.717) is 17.1 Å². The molecular formula is C23H25N5O. The Labute approximate surface area is 169 Å². The quantitative estimate of drug-likeness (QED) is 0.522. The van der Waals surface area contributed by atoms with Gasteiger partial charge in [0.05, 0.1) is 11.3 Å². The summed E-state index contributed by atoms with van der Waals surface area (Å²) in [5.41, 5.74) is 4.77. The fourth-order valence-electron chi connectivity index (χ4n) is 4.72. The smallest absolute Gasteiger partial charge is 0.280 e. The Hall–Kier alpha value is -3.02. The molecule has 0 amide bonds. The normalized spacial score (nSPS) is 19.8. The molecule has 5 rings (SSSR count). The van der Waals surface area contributed by atoms with Gasteiger partial charge < -0.3 is 4.57 Å². The number of aromatic nitrogens is 5. The summed E-state index contributed by atoms with van der Waals surface area (Å²) in [6, 6.07) is 12.3. The molecule has 29 heavy (non-hydrogen) atoms. The predicted molar refractivity (Wildman–Crippen MR) is 114 cm³/mol. The largest absolute Gasteiger partial charge is 0.310 e. The Balaban J connectivity index is 1.73.